The van der Waals surface area contributed by atoms with Crippen molar-refractivity contribution in [1.82, 2.24) is 10.6 Å². The van der Waals surface area contributed by atoms with Crippen LogP contribution in [0.5, 0.6) is 0 Å². The first-order chi connectivity index (χ1) is 6.74. The lowest BCUT2D eigenvalue weighted by molar-refractivity contribution is -0.124. The highest BCUT2D eigenvalue weighted by Gasteiger charge is 2.23. The minimum absolute atomic E-state index is 0.0515. The summed E-state index contributed by atoms with van der Waals surface area (Å²) in [6, 6.07) is 0.0515. The lowest BCUT2D eigenvalue weighted by atomic mass is 9.94. The molecule has 0 aromatic rings. The average Bonchev–Trinajstić information content (AvgIpc) is 2.18. The smallest absolute Gasteiger partial charge is 0.237 e. The summed E-state index contributed by atoms with van der Waals surface area (Å²) in [5.41, 5.74) is 0. The topological polar surface area (TPSA) is 41.1 Å². The second-order valence-corrected chi connectivity index (χ2v) is 4.28. The summed E-state index contributed by atoms with van der Waals surface area (Å²) >= 11 is 0. The van der Waals surface area contributed by atoms with Gasteiger partial charge in [0.25, 0.3) is 0 Å². The molecule has 1 amide bonds. The van der Waals surface area contributed by atoms with Crippen LogP contribution in [0.1, 0.15) is 39.5 Å². The molecule has 0 aromatic heterocycles. The summed E-state index contributed by atoms with van der Waals surface area (Å²) < 4.78 is 0. The van der Waals surface area contributed by atoms with E-state index in [2.05, 4.69) is 24.5 Å². The van der Waals surface area contributed by atoms with E-state index in [0.29, 0.717) is 5.92 Å². The summed E-state index contributed by atoms with van der Waals surface area (Å²) in [6.45, 7) is 6.15. The summed E-state index contributed by atoms with van der Waals surface area (Å²) in [4.78, 5) is 11.6. The molecular formula is C11H22N2O. The molecule has 82 valence electrons. The normalized spacial score (nSPS) is 27.3. The molecule has 1 saturated heterocycles. The highest BCUT2D eigenvalue weighted by molar-refractivity contribution is 5.81. The van der Waals surface area contributed by atoms with Crippen molar-refractivity contribution < 1.29 is 4.79 Å². The Hall–Kier alpha value is -0.570. The van der Waals surface area contributed by atoms with Crippen LogP contribution >= 0.6 is 0 Å². The molecule has 2 N–H and O–H groups in total. The SMILES string of the molecule is CCCCNC(=O)C1CC(C)CCN1. The van der Waals surface area contributed by atoms with Crippen molar-refractivity contribution in [1.29, 1.82) is 0 Å². The molecule has 0 saturated carbocycles. The molecule has 0 bridgehead atoms. The Labute approximate surface area is 86.6 Å². The molecule has 2 unspecified atom stereocenters. The minimum Gasteiger partial charge on any atom is -0.355 e. The van der Waals surface area contributed by atoms with Crippen molar-refractivity contribution in [2.24, 2.45) is 5.92 Å². The first-order valence-electron chi connectivity index (χ1n) is 5.75. The quantitative estimate of drug-likeness (QED) is 0.668. The Kier molecular flexibility index (Phi) is 4.94. The fourth-order valence-corrected chi connectivity index (χ4v) is 1.82. The van der Waals surface area contributed by atoms with Gasteiger partial charge in [-0.2, -0.15) is 0 Å². The maximum atomic E-state index is 11.6. The minimum atomic E-state index is 0.0515. The van der Waals surface area contributed by atoms with Crippen LogP contribution in [0.25, 0.3) is 0 Å². The standard InChI is InChI=1S/C11H22N2O/c1-3-4-6-13-11(14)10-8-9(2)5-7-12-10/h9-10,12H,3-8H2,1-2H3,(H,13,14). The van der Waals surface area contributed by atoms with Crippen LogP contribution in [-0.4, -0.2) is 25.0 Å². The van der Waals surface area contributed by atoms with Crippen molar-refractivity contribution >= 4 is 5.91 Å². The zero-order valence-electron chi connectivity index (χ0n) is 9.31. The van der Waals surface area contributed by atoms with Crippen LogP contribution in [0.4, 0.5) is 0 Å². The number of hydrogen-bond acceptors (Lipinski definition) is 2. The highest BCUT2D eigenvalue weighted by Crippen LogP contribution is 2.14. The lowest BCUT2D eigenvalue weighted by Crippen LogP contribution is -2.48. The van der Waals surface area contributed by atoms with E-state index in [0.717, 1.165) is 32.4 Å². The van der Waals surface area contributed by atoms with Gasteiger partial charge in [-0.15, -0.1) is 0 Å². The summed E-state index contributed by atoms with van der Waals surface area (Å²) in [5.74, 6) is 0.864. The molecule has 0 aromatic carbocycles. The van der Waals surface area contributed by atoms with Gasteiger partial charge in [0.2, 0.25) is 5.91 Å². The molecule has 3 heteroatoms. The maximum absolute atomic E-state index is 11.6. The third-order valence-electron chi connectivity index (χ3n) is 2.81. The van der Waals surface area contributed by atoms with Crippen LogP contribution < -0.4 is 10.6 Å². The molecule has 0 spiro atoms. The Morgan fingerprint density at radius 1 is 1.57 bits per heavy atom. The van der Waals surface area contributed by atoms with Gasteiger partial charge in [-0.3, -0.25) is 4.79 Å². The molecule has 1 fully saturated rings. The summed E-state index contributed by atoms with van der Waals surface area (Å²) in [6.07, 6.45) is 4.39. The van der Waals surface area contributed by atoms with E-state index in [1.807, 2.05) is 0 Å². The van der Waals surface area contributed by atoms with Crippen LogP contribution in [0.2, 0.25) is 0 Å². The molecule has 1 aliphatic heterocycles. The number of rotatable bonds is 4. The van der Waals surface area contributed by atoms with Crippen molar-refractivity contribution in [2.75, 3.05) is 13.1 Å². The first kappa shape index (κ1) is 11.5. The van der Waals surface area contributed by atoms with Crippen LogP contribution in [0.3, 0.4) is 0 Å². The van der Waals surface area contributed by atoms with Crippen LogP contribution in [-0.2, 0) is 4.79 Å². The molecule has 3 nitrogen and oxygen atoms in total. The second kappa shape index (κ2) is 6.02. The number of piperidine rings is 1. The van der Waals surface area contributed by atoms with E-state index >= 15 is 0 Å². The molecule has 14 heavy (non-hydrogen) atoms. The number of unbranched alkanes of at least 4 members (excludes halogenated alkanes) is 1. The second-order valence-electron chi connectivity index (χ2n) is 4.28. The van der Waals surface area contributed by atoms with Gasteiger partial charge >= 0.3 is 0 Å². The van der Waals surface area contributed by atoms with E-state index in [1.165, 1.54) is 6.42 Å². The fraction of sp³-hybridized carbons (Fsp3) is 0.909. The van der Waals surface area contributed by atoms with Gasteiger partial charge in [-0.25, -0.2) is 0 Å². The molecular weight excluding hydrogens is 176 g/mol. The number of carbonyl (C=O) groups is 1. The van der Waals surface area contributed by atoms with Crippen molar-refractivity contribution in [3.8, 4) is 0 Å². The summed E-state index contributed by atoms with van der Waals surface area (Å²) in [7, 11) is 0. The van der Waals surface area contributed by atoms with Crippen LogP contribution in [0, 0.1) is 5.92 Å². The molecule has 0 aliphatic carbocycles. The molecule has 1 aliphatic rings. The van der Waals surface area contributed by atoms with Crippen molar-refractivity contribution in [2.45, 2.75) is 45.6 Å². The van der Waals surface area contributed by atoms with Gasteiger partial charge in [0.1, 0.15) is 0 Å². The van der Waals surface area contributed by atoms with Crippen molar-refractivity contribution in [3.63, 3.8) is 0 Å². The molecule has 2 atom stereocenters. The van der Waals surface area contributed by atoms with Gasteiger partial charge in [-0.05, 0) is 31.7 Å². The number of nitrogens with one attached hydrogen (secondary N) is 2. The Morgan fingerprint density at radius 2 is 2.36 bits per heavy atom. The monoisotopic (exact) mass is 198 g/mol. The van der Waals surface area contributed by atoms with Gasteiger partial charge in [0, 0.05) is 6.54 Å². The predicted molar refractivity (Wildman–Crippen MR) is 58.1 cm³/mol. The predicted octanol–water partition coefficient (Wildman–Crippen LogP) is 1.29. The van der Waals surface area contributed by atoms with E-state index < -0.39 is 0 Å². The first-order valence-corrected chi connectivity index (χ1v) is 5.75. The average molecular weight is 198 g/mol. The van der Waals surface area contributed by atoms with Gasteiger partial charge in [0.15, 0.2) is 0 Å². The number of amides is 1. The molecule has 1 rings (SSSR count). The Balaban J connectivity index is 2.22. The summed E-state index contributed by atoms with van der Waals surface area (Å²) in [5, 5.41) is 6.24. The van der Waals surface area contributed by atoms with Crippen molar-refractivity contribution in [3.05, 3.63) is 0 Å². The lowest BCUT2D eigenvalue weighted by Gasteiger charge is -2.27. The van der Waals surface area contributed by atoms with Gasteiger partial charge in [0.05, 0.1) is 6.04 Å². The zero-order valence-corrected chi connectivity index (χ0v) is 9.31. The highest BCUT2D eigenvalue weighted by atomic mass is 16.2. The fourth-order valence-electron chi connectivity index (χ4n) is 1.82. The van der Waals surface area contributed by atoms with E-state index in [9.17, 15) is 4.79 Å². The number of carbonyl (C=O) groups excluding carboxylic acids is 1. The Morgan fingerprint density at radius 3 is 3.00 bits per heavy atom. The van der Waals surface area contributed by atoms with Crippen LogP contribution in [0.15, 0.2) is 0 Å². The Bertz CT molecular complexity index is 182. The largest absolute Gasteiger partial charge is 0.355 e. The van der Waals surface area contributed by atoms with E-state index in [-0.39, 0.29) is 11.9 Å². The molecule has 1 heterocycles. The van der Waals surface area contributed by atoms with Gasteiger partial charge in [-0.1, -0.05) is 20.3 Å². The third-order valence-corrected chi connectivity index (χ3v) is 2.81. The number of hydrogen-bond donors (Lipinski definition) is 2. The maximum Gasteiger partial charge on any atom is 0.237 e. The van der Waals surface area contributed by atoms with Gasteiger partial charge < -0.3 is 10.6 Å². The van der Waals surface area contributed by atoms with E-state index in [1.54, 1.807) is 0 Å². The molecule has 0 radical (unpaired) electrons. The third kappa shape index (κ3) is 3.66. The van der Waals surface area contributed by atoms with E-state index in [4.69, 9.17) is 0 Å². The zero-order chi connectivity index (χ0) is 10.4.